The molecule has 0 spiro atoms. The van der Waals surface area contributed by atoms with Crippen molar-refractivity contribution >= 4 is 44.0 Å². The van der Waals surface area contributed by atoms with Gasteiger partial charge in [-0.1, -0.05) is 0 Å². The molecular weight excluding hydrogens is 312 g/mol. The van der Waals surface area contributed by atoms with Crippen LogP contribution in [-0.4, -0.2) is 42.4 Å². The van der Waals surface area contributed by atoms with Gasteiger partial charge in [-0.2, -0.15) is 0 Å². The van der Waals surface area contributed by atoms with Gasteiger partial charge in [0.2, 0.25) is 0 Å². The van der Waals surface area contributed by atoms with E-state index in [2.05, 4.69) is 33.7 Å². The van der Waals surface area contributed by atoms with E-state index in [0.717, 1.165) is 10.5 Å². The van der Waals surface area contributed by atoms with Gasteiger partial charge in [0.05, 0.1) is 0 Å². The average Bonchev–Trinajstić information content (AvgIpc) is 2.95. The van der Waals surface area contributed by atoms with Gasteiger partial charge in [0, 0.05) is 0 Å². The zero-order valence-electron chi connectivity index (χ0n) is 7.36. The van der Waals surface area contributed by atoms with E-state index in [0.29, 0.717) is 0 Å². The third-order valence-corrected chi connectivity index (χ3v) is 7.26. The van der Waals surface area contributed by atoms with Crippen molar-refractivity contribution in [1.82, 2.24) is 0 Å². The molecule has 0 saturated carbocycles. The van der Waals surface area contributed by atoms with Crippen LogP contribution in [0.25, 0.3) is 0 Å². The Kier molecular flexibility index (Phi) is 2.73. The minimum absolute atomic E-state index is 0.144. The zero-order valence-corrected chi connectivity index (χ0v) is 11.3. The van der Waals surface area contributed by atoms with Crippen LogP contribution in [0.4, 0.5) is 0 Å². The van der Waals surface area contributed by atoms with E-state index >= 15 is 0 Å². The van der Waals surface area contributed by atoms with E-state index in [1.165, 1.54) is 24.3 Å². The van der Waals surface area contributed by atoms with Crippen LogP contribution >= 0.6 is 23.5 Å². The van der Waals surface area contributed by atoms with Crippen molar-refractivity contribution in [3.8, 4) is 0 Å². The maximum atomic E-state index is 2.48. The molecule has 2 fully saturated rings. The molecular formula is C10H12S2Te. The molecule has 0 nitrogen and oxygen atoms in total. The normalized spacial score (nSPS) is 30.5. The van der Waals surface area contributed by atoms with Crippen LogP contribution < -0.4 is 0 Å². The summed E-state index contributed by atoms with van der Waals surface area (Å²) in [4.78, 5) is 0. The SMILES string of the molecule is c1cc(CC2CS2)c(CC2CS2)[te]1. The van der Waals surface area contributed by atoms with Crippen LogP contribution in [-0.2, 0) is 12.8 Å². The summed E-state index contributed by atoms with van der Waals surface area (Å²) >= 11 is 4.42. The van der Waals surface area contributed by atoms with Crippen molar-refractivity contribution in [2.45, 2.75) is 23.3 Å². The topological polar surface area (TPSA) is 0 Å². The molecule has 2 aliphatic heterocycles. The molecule has 1 aromatic heterocycles. The fourth-order valence-corrected chi connectivity index (χ4v) is 5.82. The molecule has 1 aromatic rings. The molecule has 0 bridgehead atoms. The van der Waals surface area contributed by atoms with E-state index in [1.54, 1.807) is 5.56 Å². The second kappa shape index (κ2) is 3.85. The van der Waals surface area contributed by atoms with E-state index in [9.17, 15) is 0 Å². The number of thioether (sulfide) groups is 2. The van der Waals surface area contributed by atoms with Crippen molar-refractivity contribution in [2.75, 3.05) is 11.5 Å². The van der Waals surface area contributed by atoms with Crippen LogP contribution in [0.1, 0.15) is 9.14 Å². The first kappa shape index (κ1) is 9.21. The van der Waals surface area contributed by atoms with Gasteiger partial charge in [-0.05, 0) is 0 Å². The Morgan fingerprint density at radius 1 is 1.23 bits per heavy atom. The molecule has 0 aliphatic carbocycles. The van der Waals surface area contributed by atoms with Crippen molar-refractivity contribution in [1.29, 1.82) is 0 Å². The van der Waals surface area contributed by atoms with Crippen LogP contribution in [0.15, 0.2) is 10.1 Å². The molecule has 3 heterocycles. The minimum atomic E-state index is 0.144. The Morgan fingerprint density at radius 3 is 2.62 bits per heavy atom. The summed E-state index contributed by atoms with van der Waals surface area (Å²) in [5, 5.41) is 2.01. The monoisotopic (exact) mass is 326 g/mol. The Hall–Kier alpha value is 0.970. The molecule has 3 heteroatoms. The molecule has 70 valence electrons. The first-order valence-electron chi connectivity index (χ1n) is 4.70. The third kappa shape index (κ3) is 2.50. The average molecular weight is 324 g/mol. The predicted octanol–water partition coefficient (Wildman–Crippen LogP) is 2.06. The first-order chi connectivity index (χ1) is 6.42. The fraction of sp³-hybridized carbons (Fsp3) is 0.600. The Labute approximate surface area is 97.5 Å². The van der Waals surface area contributed by atoms with Gasteiger partial charge in [0.25, 0.3) is 0 Å². The Balaban J connectivity index is 1.70. The summed E-state index contributed by atoms with van der Waals surface area (Å²) < 4.78 is 4.36. The van der Waals surface area contributed by atoms with Crippen molar-refractivity contribution in [3.63, 3.8) is 0 Å². The predicted molar refractivity (Wildman–Crippen MR) is 63.3 cm³/mol. The van der Waals surface area contributed by atoms with Gasteiger partial charge in [0.1, 0.15) is 0 Å². The Morgan fingerprint density at radius 2 is 1.92 bits per heavy atom. The summed E-state index contributed by atoms with van der Waals surface area (Å²) in [6, 6.07) is 2.43. The molecule has 2 aliphatic rings. The van der Waals surface area contributed by atoms with Gasteiger partial charge >= 0.3 is 98.1 Å². The van der Waals surface area contributed by atoms with Crippen molar-refractivity contribution in [3.05, 3.63) is 19.3 Å². The summed E-state index contributed by atoms with van der Waals surface area (Å²) in [5.74, 6) is 2.85. The summed E-state index contributed by atoms with van der Waals surface area (Å²) in [6.45, 7) is 0. The number of rotatable bonds is 4. The fourth-order valence-electron chi connectivity index (χ4n) is 1.55. The van der Waals surface area contributed by atoms with Gasteiger partial charge in [0.15, 0.2) is 0 Å². The molecule has 3 rings (SSSR count). The molecule has 0 N–H and O–H groups in total. The zero-order chi connectivity index (χ0) is 8.67. The number of hydrogen-bond donors (Lipinski definition) is 0. The first-order valence-corrected chi connectivity index (χ1v) is 9.31. The molecule has 0 amide bonds. The quantitative estimate of drug-likeness (QED) is 0.614. The molecule has 2 unspecified atom stereocenters. The molecule has 2 atom stereocenters. The summed E-state index contributed by atoms with van der Waals surface area (Å²) in [5.41, 5.74) is 1.74. The van der Waals surface area contributed by atoms with Gasteiger partial charge < -0.3 is 0 Å². The van der Waals surface area contributed by atoms with Crippen LogP contribution in [0.5, 0.6) is 0 Å². The second-order valence-electron chi connectivity index (χ2n) is 3.69. The second-order valence-corrected chi connectivity index (χ2v) is 9.21. The third-order valence-electron chi connectivity index (χ3n) is 2.50. The van der Waals surface area contributed by atoms with Gasteiger partial charge in [-0.3, -0.25) is 0 Å². The van der Waals surface area contributed by atoms with Crippen LogP contribution in [0, 0.1) is 0 Å². The van der Waals surface area contributed by atoms with E-state index in [-0.39, 0.29) is 20.4 Å². The van der Waals surface area contributed by atoms with Crippen LogP contribution in [0.2, 0.25) is 0 Å². The summed E-state index contributed by atoms with van der Waals surface area (Å²) in [6.07, 6.45) is 2.82. The van der Waals surface area contributed by atoms with Crippen molar-refractivity contribution in [2.24, 2.45) is 0 Å². The molecule has 0 aromatic carbocycles. The number of hydrogen-bond acceptors (Lipinski definition) is 2. The molecule has 13 heavy (non-hydrogen) atoms. The van der Waals surface area contributed by atoms with E-state index in [4.69, 9.17) is 0 Å². The van der Waals surface area contributed by atoms with E-state index < -0.39 is 0 Å². The van der Waals surface area contributed by atoms with Gasteiger partial charge in [-0.15, -0.1) is 0 Å². The van der Waals surface area contributed by atoms with Crippen LogP contribution in [0.3, 0.4) is 0 Å². The Bertz CT molecular complexity index is 271. The summed E-state index contributed by atoms with van der Waals surface area (Å²) in [7, 11) is 0. The van der Waals surface area contributed by atoms with Gasteiger partial charge in [-0.25, -0.2) is 0 Å². The maximum absolute atomic E-state index is 2.48. The molecule has 0 radical (unpaired) electrons. The molecule has 2 saturated heterocycles. The van der Waals surface area contributed by atoms with Crippen molar-refractivity contribution < 1.29 is 0 Å². The standard InChI is InChI=1S/C10H12S2Te/c1-2-13-10(4-9-6-12-9)7(1)3-8-5-11-8/h1-2,8-9H,3-6H2. The van der Waals surface area contributed by atoms with E-state index in [1.807, 2.05) is 3.58 Å².